The van der Waals surface area contributed by atoms with Crippen LogP contribution in [0.25, 0.3) is 0 Å². The summed E-state index contributed by atoms with van der Waals surface area (Å²) in [4.78, 5) is 25.1. The first-order valence-electron chi connectivity index (χ1n) is 12.4. The van der Waals surface area contributed by atoms with E-state index in [1.165, 1.54) is 36.9 Å². The molecule has 1 aliphatic heterocycles. The fraction of sp³-hybridized carbons (Fsp3) is 0.360. The summed E-state index contributed by atoms with van der Waals surface area (Å²) in [5.74, 6) is -0.926. The van der Waals surface area contributed by atoms with Crippen LogP contribution in [0.5, 0.6) is 0 Å². The molecule has 0 atom stereocenters. The van der Waals surface area contributed by atoms with Gasteiger partial charge in [0.2, 0.25) is 6.54 Å². The Bertz CT molecular complexity index is 1370. The fourth-order valence-electron chi connectivity index (χ4n) is 3.98. The van der Waals surface area contributed by atoms with Crippen LogP contribution in [0.3, 0.4) is 0 Å². The highest BCUT2D eigenvalue weighted by Gasteiger charge is 2.34. The average Bonchev–Trinajstić information content (AvgIpc) is 2.88. The number of nitrogen functional groups attached to an aromatic ring is 2. The van der Waals surface area contributed by atoms with E-state index in [0.717, 1.165) is 22.8 Å². The van der Waals surface area contributed by atoms with E-state index in [2.05, 4.69) is 4.98 Å². The molecule has 0 radical (unpaired) electrons. The van der Waals surface area contributed by atoms with E-state index < -0.39 is 41.0 Å². The molecular formula is C25H27F7N7O4+. The van der Waals surface area contributed by atoms with Crippen molar-refractivity contribution in [3.8, 4) is 0 Å². The van der Waals surface area contributed by atoms with Gasteiger partial charge in [-0.3, -0.25) is 25.2 Å². The molecule has 1 aliphatic rings. The van der Waals surface area contributed by atoms with Crippen LogP contribution in [0.1, 0.15) is 19.3 Å². The largest absolute Gasteiger partial charge is 0.448 e. The second kappa shape index (κ2) is 14.9. The highest BCUT2D eigenvalue weighted by atomic mass is 19.4. The zero-order valence-corrected chi connectivity index (χ0v) is 22.3. The average molecular weight is 623 g/mol. The first-order valence-corrected chi connectivity index (χ1v) is 12.4. The van der Waals surface area contributed by atoms with E-state index in [9.17, 15) is 51.0 Å². The normalized spacial score (nSPS) is 13.7. The molecule has 0 spiro atoms. The van der Waals surface area contributed by atoms with Crippen LogP contribution in [0.4, 0.5) is 59.2 Å². The Morgan fingerprint density at radius 2 is 1.37 bits per heavy atom. The topological polar surface area (TPSA) is 158 Å². The monoisotopic (exact) mass is 622 g/mol. The van der Waals surface area contributed by atoms with E-state index in [0.29, 0.717) is 31.6 Å². The van der Waals surface area contributed by atoms with Crippen molar-refractivity contribution in [3.05, 3.63) is 87.2 Å². The summed E-state index contributed by atoms with van der Waals surface area (Å²) >= 11 is 0. The molecule has 3 aromatic rings. The summed E-state index contributed by atoms with van der Waals surface area (Å²) in [6.07, 6.45) is -2.95. The molecule has 234 valence electrons. The number of hydrogen-bond acceptors (Lipinski definition) is 8. The lowest BCUT2D eigenvalue weighted by atomic mass is 9.93. The Hall–Kier alpha value is -4.77. The van der Waals surface area contributed by atoms with Crippen LogP contribution in [-0.4, -0.2) is 40.3 Å². The van der Waals surface area contributed by atoms with Gasteiger partial charge in [-0.1, -0.05) is 0 Å². The quantitative estimate of drug-likeness (QED) is 0.122. The van der Waals surface area contributed by atoms with Crippen molar-refractivity contribution in [2.75, 3.05) is 29.5 Å². The van der Waals surface area contributed by atoms with E-state index in [4.69, 9.17) is 11.5 Å². The van der Waals surface area contributed by atoms with Gasteiger partial charge in [0.25, 0.3) is 11.4 Å². The van der Waals surface area contributed by atoms with Gasteiger partial charge in [-0.25, -0.2) is 4.39 Å². The van der Waals surface area contributed by atoms with Gasteiger partial charge in [0.15, 0.2) is 12.4 Å². The third kappa shape index (κ3) is 12.3. The Morgan fingerprint density at radius 3 is 1.81 bits per heavy atom. The Balaban J connectivity index is 0.000000247. The minimum absolute atomic E-state index is 0.0647. The van der Waals surface area contributed by atoms with Gasteiger partial charge in [0.05, 0.1) is 22.2 Å². The lowest BCUT2D eigenvalue weighted by molar-refractivity contribution is -0.719. The Labute approximate surface area is 239 Å². The van der Waals surface area contributed by atoms with Crippen LogP contribution >= 0.6 is 0 Å². The zero-order valence-electron chi connectivity index (χ0n) is 22.3. The molecule has 0 unspecified atom stereocenters. The second-order valence-corrected chi connectivity index (χ2v) is 9.24. The maximum absolute atomic E-state index is 12.3. The first kappa shape index (κ1) is 34.4. The summed E-state index contributed by atoms with van der Waals surface area (Å²) < 4.78 is 85.4. The molecule has 1 aromatic heterocycles. The number of aromatic nitrogens is 2. The van der Waals surface area contributed by atoms with Crippen molar-refractivity contribution in [2.45, 2.75) is 38.2 Å². The summed E-state index contributed by atoms with van der Waals surface area (Å²) in [5, 5.41) is 20.8. The summed E-state index contributed by atoms with van der Waals surface area (Å²) in [6.45, 7) is 0.0332. The number of rotatable bonds is 5. The number of piperidine rings is 1. The van der Waals surface area contributed by atoms with Gasteiger partial charge >= 0.3 is 12.4 Å². The molecule has 43 heavy (non-hydrogen) atoms. The van der Waals surface area contributed by atoms with E-state index >= 15 is 0 Å². The highest BCUT2D eigenvalue weighted by Crippen LogP contribution is 2.34. The molecule has 1 fully saturated rings. The molecule has 2 heterocycles. The SMILES string of the molecule is FC(F)(F)C[n+]1ccncc1.Nc1cc(F)ccc1[N+](=O)[O-].Nc1cc(N2CCC(CC(F)(F)F)CC2)ccc1[N+](=O)[O-]. The van der Waals surface area contributed by atoms with Crippen LogP contribution in [0.2, 0.25) is 0 Å². The molecule has 1 saturated heterocycles. The second-order valence-electron chi connectivity index (χ2n) is 9.24. The molecule has 11 nitrogen and oxygen atoms in total. The molecule has 4 rings (SSSR count). The van der Waals surface area contributed by atoms with Crippen LogP contribution in [0, 0.1) is 32.0 Å². The fourth-order valence-corrected chi connectivity index (χ4v) is 3.98. The van der Waals surface area contributed by atoms with Gasteiger partial charge in [-0.15, -0.1) is 0 Å². The van der Waals surface area contributed by atoms with Gasteiger partial charge < -0.3 is 16.4 Å². The van der Waals surface area contributed by atoms with Crippen molar-refractivity contribution < 1.29 is 45.1 Å². The van der Waals surface area contributed by atoms with Gasteiger partial charge in [0, 0.05) is 43.4 Å². The Morgan fingerprint density at radius 1 is 0.860 bits per heavy atom. The number of halogens is 7. The highest BCUT2D eigenvalue weighted by molar-refractivity contribution is 5.66. The zero-order chi connectivity index (χ0) is 32.4. The Kier molecular flexibility index (Phi) is 11.9. The number of nitrogens with two attached hydrogens (primary N) is 2. The van der Waals surface area contributed by atoms with E-state index in [1.54, 1.807) is 6.07 Å². The number of anilines is 3. The van der Waals surface area contributed by atoms with Crippen molar-refractivity contribution in [3.63, 3.8) is 0 Å². The molecular weight excluding hydrogens is 595 g/mol. The van der Waals surface area contributed by atoms with Crippen LogP contribution in [0.15, 0.2) is 61.2 Å². The molecule has 2 aromatic carbocycles. The number of benzene rings is 2. The predicted molar refractivity (Wildman–Crippen MR) is 141 cm³/mol. The van der Waals surface area contributed by atoms with Gasteiger partial charge in [-0.05, 0) is 37.0 Å². The standard InChI is InChI=1S/C13H16F3N3O2.C6H6F3N2.C6H5FN2O2/c14-13(15,16)8-9-3-5-18(6-4-9)10-1-2-12(19(20)21)11(17)7-10;7-6(8,9)5-11-3-1-10-2-4-11;7-4-1-2-6(9(10)11)5(8)3-4/h1-2,7,9H,3-6,8,17H2;1-4H,5H2;1-3H,8H2/q;+1;. The first-order chi connectivity index (χ1) is 19.9. The smallest absolute Gasteiger partial charge is 0.393 e. The lowest BCUT2D eigenvalue weighted by Gasteiger charge is -2.34. The molecule has 18 heteroatoms. The van der Waals surface area contributed by atoms with E-state index in [-0.39, 0.29) is 28.7 Å². The van der Waals surface area contributed by atoms with Gasteiger partial charge in [-0.2, -0.15) is 30.9 Å². The molecule has 0 saturated carbocycles. The minimum atomic E-state index is -4.16. The van der Waals surface area contributed by atoms with Crippen LogP contribution < -0.4 is 20.9 Å². The van der Waals surface area contributed by atoms with Crippen molar-refractivity contribution in [1.82, 2.24) is 4.98 Å². The third-order valence-electron chi connectivity index (χ3n) is 5.94. The van der Waals surface area contributed by atoms with Crippen molar-refractivity contribution in [2.24, 2.45) is 5.92 Å². The number of nitrogens with zero attached hydrogens (tertiary/aromatic N) is 5. The number of nitro benzene ring substituents is 2. The van der Waals surface area contributed by atoms with Crippen molar-refractivity contribution in [1.29, 1.82) is 0 Å². The molecule has 0 aliphatic carbocycles. The maximum Gasteiger partial charge on any atom is 0.448 e. The van der Waals surface area contributed by atoms with Crippen LogP contribution in [-0.2, 0) is 6.54 Å². The summed E-state index contributed by atoms with van der Waals surface area (Å²) in [6, 6.07) is 7.35. The maximum atomic E-state index is 12.3. The molecule has 0 bridgehead atoms. The molecule has 4 N–H and O–H groups in total. The molecule has 0 amide bonds. The number of nitro groups is 2. The summed E-state index contributed by atoms with van der Waals surface area (Å²) in [5.41, 5.74) is 10.9. The lowest BCUT2D eigenvalue weighted by Crippen LogP contribution is -2.40. The number of hydrogen-bond donors (Lipinski definition) is 2. The van der Waals surface area contributed by atoms with Gasteiger partial charge in [0.1, 0.15) is 17.2 Å². The minimum Gasteiger partial charge on any atom is -0.393 e. The summed E-state index contributed by atoms with van der Waals surface area (Å²) in [7, 11) is 0. The van der Waals surface area contributed by atoms with Crippen molar-refractivity contribution >= 4 is 28.4 Å². The third-order valence-corrected chi connectivity index (χ3v) is 5.94. The number of alkyl halides is 6. The van der Waals surface area contributed by atoms with E-state index in [1.807, 2.05) is 4.90 Å². The predicted octanol–water partition coefficient (Wildman–Crippen LogP) is 5.59.